The second kappa shape index (κ2) is 32.3. The molecule has 0 radical (unpaired) electrons. The minimum Gasteiger partial charge on any atom is -0.460 e. The molecular weight excluding hydrogens is 520 g/mol. The van der Waals surface area contributed by atoms with Crippen LogP contribution in [0.1, 0.15) is 0 Å². The molecule has 228 valence electrons. The van der Waals surface area contributed by atoms with Crippen molar-refractivity contribution in [1.29, 1.82) is 0 Å². The number of rotatable bonds is 32. The van der Waals surface area contributed by atoms with Crippen LogP contribution in [0.15, 0.2) is 25.3 Å². The van der Waals surface area contributed by atoms with Crippen molar-refractivity contribution < 1.29 is 61.7 Å². The summed E-state index contributed by atoms with van der Waals surface area (Å²) in [7, 11) is 0. The summed E-state index contributed by atoms with van der Waals surface area (Å²) < 4.78 is 57.8. The molecule has 0 saturated heterocycles. The van der Waals surface area contributed by atoms with Gasteiger partial charge in [0.05, 0.1) is 119 Å². The molecule has 0 fully saturated rings. The van der Waals surface area contributed by atoms with E-state index in [0.29, 0.717) is 119 Å². The molecule has 0 atom stereocenters. The fourth-order valence-corrected chi connectivity index (χ4v) is 2.38. The van der Waals surface area contributed by atoms with Gasteiger partial charge in [0.2, 0.25) is 0 Å². The molecule has 13 nitrogen and oxygen atoms in total. The smallest absolute Gasteiger partial charge is 0.330 e. The lowest BCUT2D eigenvalue weighted by molar-refractivity contribution is -0.140. The second-order valence-electron chi connectivity index (χ2n) is 7.25. The largest absolute Gasteiger partial charge is 0.460 e. The molecule has 0 rings (SSSR count). The summed E-state index contributed by atoms with van der Waals surface area (Å²) in [5.74, 6) is -0.926. The van der Waals surface area contributed by atoms with Crippen molar-refractivity contribution >= 4 is 11.9 Å². The van der Waals surface area contributed by atoms with E-state index in [4.69, 9.17) is 52.1 Å². The van der Waals surface area contributed by atoms with Crippen LogP contribution in [0.5, 0.6) is 0 Å². The van der Waals surface area contributed by atoms with Gasteiger partial charge in [0.25, 0.3) is 0 Å². The summed E-state index contributed by atoms with van der Waals surface area (Å²) in [5, 5.41) is 0. The van der Waals surface area contributed by atoms with Gasteiger partial charge in [-0.3, -0.25) is 0 Å². The first kappa shape index (κ1) is 37.1. The van der Waals surface area contributed by atoms with Gasteiger partial charge in [0.15, 0.2) is 0 Å². The van der Waals surface area contributed by atoms with Crippen molar-refractivity contribution in [2.75, 3.05) is 132 Å². The van der Waals surface area contributed by atoms with E-state index >= 15 is 0 Å². The zero-order valence-corrected chi connectivity index (χ0v) is 23.0. The summed E-state index contributed by atoms with van der Waals surface area (Å²) in [6.07, 6.45) is 2.22. The van der Waals surface area contributed by atoms with Crippen LogP contribution in [-0.2, 0) is 61.7 Å². The Morgan fingerprint density at radius 2 is 0.487 bits per heavy atom. The highest BCUT2D eigenvalue weighted by atomic mass is 16.6. The molecular formula is C26H46O13. The molecule has 0 heterocycles. The van der Waals surface area contributed by atoms with Gasteiger partial charge in [-0.2, -0.15) is 0 Å². The predicted molar refractivity (Wildman–Crippen MR) is 140 cm³/mol. The van der Waals surface area contributed by atoms with Crippen LogP contribution in [0.4, 0.5) is 0 Å². The molecule has 0 bridgehead atoms. The van der Waals surface area contributed by atoms with Crippen LogP contribution < -0.4 is 0 Å². The lowest BCUT2D eigenvalue weighted by Crippen LogP contribution is -2.15. The van der Waals surface area contributed by atoms with Crippen molar-refractivity contribution in [3.63, 3.8) is 0 Å². The molecule has 0 saturated carbocycles. The van der Waals surface area contributed by atoms with Crippen molar-refractivity contribution in [3.8, 4) is 0 Å². The lowest BCUT2D eigenvalue weighted by Gasteiger charge is -2.09. The summed E-state index contributed by atoms with van der Waals surface area (Å²) >= 11 is 0. The first-order chi connectivity index (χ1) is 19.2. The van der Waals surface area contributed by atoms with Gasteiger partial charge < -0.3 is 52.1 Å². The van der Waals surface area contributed by atoms with Gasteiger partial charge in [0.1, 0.15) is 13.2 Å². The summed E-state index contributed by atoms with van der Waals surface area (Å²) in [6.45, 7) is 15.1. The Morgan fingerprint density at radius 3 is 0.641 bits per heavy atom. The minimum absolute atomic E-state index is 0.195. The third kappa shape index (κ3) is 32.2. The highest BCUT2D eigenvalue weighted by Gasteiger charge is 1.98. The van der Waals surface area contributed by atoms with Gasteiger partial charge in [-0.05, 0) is 0 Å². The predicted octanol–water partition coefficient (Wildman–Crippen LogP) is 0.594. The molecule has 0 N–H and O–H groups in total. The van der Waals surface area contributed by atoms with Crippen LogP contribution in [0.3, 0.4) is 0 Å². The van der Waals surface area contributed by atoms with E-state index in [1.807, 2.05) is 0 Å². The monoisotopic (exact) mass is 566 g/mol. The molecule has 0 amide bonds. The van der Waals surface area contributed by atoms with Crippen LogP contribution >= 0.6 is 0 Å². The van der Waals surface area contributed by atoms with Crippen molar-refractivity contribution in [1.82, 2.24) is 0 Å². The fourth-order valence-electron chi connectivity index (χ4n) is 2.38. The lowest BCUT2D eigenvalue weighted by atomic mass is 10.6. The van der Waals surface area contributed by atoms with Gasteiger partial charge >= 0.3 is 11.9 Å². The van der Waals surface area contributed by atoms with E-state index in [1.54, 1.807) is 0 Å². The maximum absolute atomic E-state index is 10.8. The topological polar surface area (TPSA) is 136 Å². The highest BCUT2D eigenvalue weighted by molar-refractivity contribution is 5.81. The van der Waals surface area contributed by atoms with Gasteiger partial charge in [0, 0.05) is 12.2 Å². The van der Waals surface area contributed by atoms with E-state index in [2.05, 4.69) is 13.2 Å². The third-order valence-electron chi connectivity index (χ3n) is 4.25. The summed E-state index contributed by atoms with van der Waals surface area (Å²) in [4.78, 5) is 21.6. The summed E-state index contributed by atoms with van der Waals surface area (Å²) in [5.41, 5.74) is 0. The van der Waals surface area contributed by atoms with Crippen molar-refractivity contribution in [2.45, 2.75) is 0 Å². The molecule has 39 heavy (non-hydrogen) atoms. The summed E-state index contributed by atoms with van der Waals surface area (Å²) in [6, 6.07) is 0. The molecule has 0 spiro atoms. The number of carbonyl (C=O) groups is 2. The second-order valence-corrected chi connectivity index (χ2v) is 7.25. The van der Waals surface area contributed by atoms with Gasteiger partial charge in [-0.1, -0.05) is 13.2 Å². The molecule has 0 aromatic rings. The normalized spacial score (nSPS) is 10.9. The third-order valence-corrected chi connectivity index (χ3v) is 4.25. The number of ether oxygens (including phenoxy) is 11. The zero-order valence-electron chi connectivity index (χ0n) is 23.0. The van der Waals surface area contributed by atoms with E-state index in [1.165, 1.54) is 0 Å². The first-order valence-corrected chi connectivity index (χ1v) is 13.0. The van der Waals surface area contributed by atoms with Crippen LogP contribution in [0, 0.1) is 0 Å². The Hall–Kier alpha value is -1.94. The Labute approximate surface area is 231 Å². The highest BCUT2D eigenvalue weighted by Crippen LogP contribution is 1.87. The molecule has 0 aliphatic rings. The van der Waals surface area contributed by atoms with Crippen molar-refractivity contribution in [2.24, 2.45) is 0 Å². The molecule has 0 unspecified atom stereocenters. The molecule has 0 aliphatic heterocycles. The zero-order chi connectivity index (χ0) is 28.5. The average molecular weight is 567 g/mol. The Kier molecular flexibility index (Phi) is 30.7. The van der Waals surface area contributed by atoms with E-state index in [9.17, 15) is 9.59 Å². The standard InChI is InChI=1S/C26H46O13/c1-3-25(27)38-23-21-36-19-17-34-15-13-32-11-9-30-7-5-29-6-8-31-10-12-33-14-16-35-18-20-37-22-24-39-26(28)4-2/h3-4H,1-2,5-24H2. The minimum atomic E-state index is -0.463. The van der Waals surface area contributed by atoms with Crippen LogP contribution in [-0.4, -0.2) is 144 Å². The van der Waals surface area contributed by atoms with Crippen LogP contribution in [0.2, 0.25) is 0 Å². The fraction of sp³-hybridized carbons (Fsp3) is 0.769. The first-order valence-electron chi connectivity index (χ1n) is 13.0. The Bertz CT molecular complexity index is 526. The van der Waals surface area contributed by atoms with E-state index in [0.717, 1.165) is 12.2 Å². The van der Waals surface area contributed by atoms with E-state index in [-0.39, 0.29) is 13.2 Å². The maximum atomic E-state index is 10.8. The Balaban J connectivity index is 3.06. The molecule has 0 aliphatic carbocycles. The molecule has 0 aromatic carbocycles. The number of hydrogen-bond donors (Lipinski definition) is 0. The quantitative estimate of drug-likeness (QED) is 0.0639. The Morgan fingerprint density at radius 1 is 0.333 bits per heavy atom. The van der Waals surface area contributed by atoms with Gasteiger partial charge in [-0.25, -0.2) is 9.59 Å². The molecule has 0 aromatic heterocycles. The number of esters is 2. The molecule has 13 heteroatoms. The maximum Gasteiger partial charge on any atom is 0.330 e. The van der Waals surface area contributed by atoms with Gasteiger partial charge in [-0.15, -0.1) is 0 Å². The average Bonchev–Trinajstić information content (AvgIpc) is 2.95. The SMILES string of the molecule is C=CC(=O)OCCOCCOCCOCCOCCOCCOCCOCCOCCOCCOC(=O)C=C. The van der Waals surface area contributed by atoms with Crippen LogP contribution in [0.25, 0.3) is 0 Å². The number of carbonyl (C=O) groups excluding carboxylic acids is 2. The van der Waals surface area contributed by atoms with Crippen molar-refractivity contribution in [3.05, 3.63) is 25.3 Å². The van der Waals surface area contributed by atoms with E-state index < -0.39 is 11.9 Å². The number of hydrogen-bond acceptors (Lipinski definition) is 13.